The molecule has 1 aromatic carbocycles. The Morgan fingerprint density at radius 2 is 2.12 bits per heavy atom. The Kier molecular flexibility index (Phi) is 4.22. The van der Waals surface area contributed by atoms with Crippen LogP contribution in [-0.4, -0.2) is 32.6 Å². The number of amides is 1. The summed E-state index contributed by atoms with van der Waals surface area (Å²) in [5, 5.41) is 8.56. The van der Waals surface area contributed by atoms with Gasteiger partial charge in [-0.3, -0.25) is 4.79 Å². The van der Waals surface area contributed by atoms with Crippen LogP contribution in [-0.2, 0) is 10.0 Å². The summed E-state index contributed by atoms with van der Waals surface area (Å²) in [6.45, 7) is 1.29. The molecule has 0 saturated carbocycles. The molecule has 0 radical (unpaired) electrons. The van der Waals surface area contributed by atoms with Gasteiger partial charge in [0.2, 0.25) is 15.9 Å². The maximum absolute atomic E-state index is 11.7. The summed E-state index contributed by atoms with van der Waals surface area (Å²) >= 11 is 0. The second-order valence-electron chi connectivity index (χ2n) is 3.46. The van der Waals surface area contributed by atoms with Gasteiger partial charge in [-0.1, -0.05) is 6.07 Å². The van der Waals surface area contributed by atoms with Crippen LogP contribution < -0.4 is 10.5 Å². The van der Waals surface area contributed by atoms with E-state index < -0.39 is 15.9 Å². The summed E-state index contributed by atoms with van der Waals surface area (Å²) in [4.78, 5) is 11.0. The van der Waals surface area contributed by atoms with Crippen LogP contribution in [0.25, 0.3) is 0 Å². The first-order valence-electron chi connectivity index (χ1n) is 4.89. The minimum absolute atomic E-state index is 0.0506. The quantitative estimate of drug-likeness (QED) is 0.652. The molecule has 1 amide bonds. The van der Waals surface area contributed by atoms with E-state index in [4.69, 9.17) is 10.8 Å². The number of aliphatic hydroxyl groups excluding tert-OH is 1. The molecule has 17 heavy (non-hydrogen) atoms. The van der Waals surface area contributed by atoms with Crippen molar-refractivity contribution in [2.75, 3.05) is 13.2 Å². The lowest BCUT2D eigenvalue weighted by atomic mass is 10.1. The molecule has 0 spiro atoms. The number of aryl methyl sites for hydroxylation is 1. The second-order valence-corrected chi connectivity index (χ2v) is 5.23. The second kappa shape index (κ2) is 5.26. The molecular formula is C10H14N2O4S. The third-order valence-corrected chi connectivity index (χ3v) is 3.65. The van der Waals surface area contributed by atoms with Gasteiger partial charge in [0.15, 0.2) is 0 Å². The lowest BCUT2D eigenvalue weighted by Gasteiger charge is -2.08. The molecule has 6 nitrogen and oxygen atoms in total. The zero-order valence-electron chi connectivity index (χ0n) is 9.30. The van der Waals surface area contributed by atoms with E-state index in [0.717, 1.165) is 0 Å². The van der Waals surface area contributed by atoms with Gasteiger partial charge in [-0.25, -0.2) is 13.1 Å². The molecule has 0 aliphatic rings. The summed E-state index contributed by atoms with van der Waals surface area (Å²) in [5.41, 5.74) is 5.91. The normalized spacial score (nSPS) is 11.4. The zero-order valence-corrected chi connectivity index (χ0v) is 10.1. The van der Waals surface area contributed by atoms with Crippen LogP contribution >= 0.6 is 0 Å². The molecule has 0 bridgehead atoms. The highest BCUT2D eigenvalue weighted by Crippen LogP contribution is 2.14. The number of carbonyl (C=O) groups is 1. The third-order valence-electron chi connectivity index (χ3n) is 2.19. The van der Waals surface area contributed by atoms with Gasteiger partial charge in [0.05, 0.1) is 11.5 Å². The lowest BCUT2D eigenvalue weighted by molar-refractivity contribution is 0.0999. The Balaban J connectivity index is 3.16. The van der Waals surface area contributed by atoms with Gasteiger partial charge < -0.3 is 10.8 Å². The summed E-state index contributed by atoms with van der Waals surface area (Å²) in [5.74, 6) is -0.679. The minimum atomic E-state index is -3.71. The van der Waals surface area contributed by atoms with Crippen LogP contribution in [0.5, 0.6) is 0 Å². The van der Waals surface area contributed by atoms with Crippen LogP contribution in [0.2, 0.25) is 0 Å². The van der Waals surface area contributed by atoms with Crippen LogP contribution in [0.1, 0.15) is 15.9 Å². The van der Waals surface area contributed by atoms with Crippen molar-refractivity contribution in [3.8, 4) is 0 Å². The van der Waals surface area contributed by atoms with E-state index in [1.165, 1.54) is 18.2 Å². The highest BCUT2D eigenvalue weighted by molar-refractivity contribution is 7.89. The Hall–Kier alpha value is -1.44. The molecule has 0 aliphatic heterocycles. The molecule has 0 unspecified atom stereocenters. The molecule has 1 rings (SSSR count). The first-order chi connectivity index (χ1) is 7.88. The maximum Gasteiger partial charge on any atom is 0.249 e. The van der Waals surface area contributed by atoms with E-state index in [2.05, 4.69) is 4.72 Å². The van der Waals surface area contributed by atoms with Gasteiger partial charge in [-0.15, -0.1) is 0 Å². The number of hydrogen-bond donors (Lipinski definition) is 3. The van der Waals surface area contributed by atoms with E-state index >= 15 is 0 Å². The number of sulfonamides is 1. The standard InChI is InChI=1S/C10H14N2O4S/c1-7-2-3-8(6-9(7)10(11)14)17(15,16)12-4-5-13/h2-3,6,12-13H,4-5H2,1H3,(H2,11,14). The number of nitrogens with two attached hydrogens (primary N) is 1. The molecule has 7 heteroatoms. The van der Waals surface area contributed by atoms with Crippen molar-refractivity contribution in [3.63, 3.8) is 0 Å². The van der Waals surface area contributed by atoms with E-state index in [-0.39, 0.29) is 23.6 Å². The van der Waals surface area contributed by atoms with Crippen molar-refractivity contribution < 1.29 is 18.3 Å². The largest absolute Gasteiger partial charge is 0.395 e. The fourth-order valence-electron chi connectivity index (χ4n) is 1.30. The van der Waals surface area contributed by atoms with Crippen molar-refractivity contribution in [1.29, 1.82) is 0 Å². The molecule has 0 aromatic heterocycles. The fraction of sp³-hybridized carbons (Fsp3) is 0.300. The first kappa shape index (κ1) is 13.6. The Labute approximate surface area is 99.5 Å². The molecule has 0 atom stereocenters. The summed E-state index contributed by atoms with van der Waals surface area (Å²) in [6, 6.07) is 4.10. The van der Waals surface area contributed by atoms with Gasteiger partial charge in [-0.05, 0) is 24.6 Å². The molecule has 0 aliphatic carbocycles. The van der Waals surface area contributed by atoms with Gasteiger partial charge >= 0.3 is 0 Å². The van der Waals surface area contributed by atoms with Gasteiger partial charge in [0.1, 0.15) is 0 Å². The Morgan fingerprint density at radius 3 is 2.65 bits per heavy atom. The van der Waals surface area contributed by atoms with Crippen molar-refractivity contribution in [1.82, 2.24) is 4.72 Å². The van der Waals surface area contributed by atoms with Gasteiger partial charge in [-0.2, -0.15) is 0 Å². The first-order valence-corrected chi connectivity index (χ1v) is 6.38. The van der Waals surface area contributed by atoms with Crippen molar-refractivity contribution in [2.24, 2.45) is 5.73 Å². The SMILES string of the molecule is Cc1ccc(S(=O)(=O)NCCO)cc1C(N)=O. The molecule has 0 fully saturated rings. The molecule has 1 aromatic rings. The summed E-state index contributed by atoms with van der Waals surface area (Å²) in [6.07, 6.45) is 0. The summed E-state index contributed by atoms with van der Waals surface area (Å²) < 4.78 is 25.6. The van der Waals surface area contributed by atoms with Crippen LogP contribution in [0.3, 0.4) is 0 Å². The van der Waals surface area contributed by atoms with Crippen molar-refractivity contribution >= 4 is 15.9 Å². The van der Waals surface area contributed by atoms with Crippen molar-refractivity contribution in [3.05, 3.63) is 29.3 Å². The molecule has 4 N–H and O–H groups in total. The fourth-order valence-corrected chi connectivity index (χ4v) is 2.34. The highest BCUT2D eigenvalue weighted by atomic mass is 32.2. The number of carbonyl (C=O) groups excluding carboxylic acids is 1. The van der Waals surface area contributed by atoms with E-state index in [1.807, 2.05) is 0 Å². The predicted molar refractivity (Wildman–Crippen MR) is 62.0 cm³/mol. The summed E-state index contributed by atoms with van der Waals surface area (Å²) in [7, 11) is -3.71. The number of nitrogens with one attached hydrogen (secondary N) is 1. The van der Waals surface area contributed by atoms with E-state index in [9.17, 15) is 13.2 Å². The highest BCUT2D eigenvalue weighted by Gasteiger charge is 2.16. The maximum atomic E-state index is 11.7. The van der Waals surface area contributed by atoms with Crippen LogP contribution in [0.4, 0.5) is 0 Å². The minimum Gasteiger partial charge on any atom is -0.395 e. The molecule has 0 saturated heterocycles. The number of hydrogen-bond acceptors (Lipinski definition) is 4. The van der Waals surface area contributed by atoms with Gasteiger partial charge in [0.25, 0.3) is 0 Å². The lowest BCUT2D eigenvalue weighted by Crippen LogP contribution is -2.27. The van der Waals surface area contributed by atoms with Crippen molar-refractivity contribution in [2.45, 2.75) is 11.8 Å². The monoisotopic (exact) mass is 258 g/mol. The number of rotatable bonds is 5. The smallest absolute Gasteiger partial charge is 0.249 e. The number of benzene rings is 1. The molecule has 94 valence electrons. The van der Waals surface area contributed by atoms with Gasteiger partial charge in [0, 0.05) is 12.1 Å². The number of aliphatic hydroxyl groups is 1. The topological polar surface area (TPSA) is 109 Å². The zero-order chi connectivity index (χ0) is 13.1. The van der Waals surface area contributed by atoms with E-state index in [1.54, 1.807) is 6.92 Å². The average molecular weight is 258 g/mol. The Morgan fingerprint density at radius 1 is 1.47 bits per heavy atom. The average Bonchev–Trinajstić information content (AvgIpc) is 2.26. The Bertz CT molecular complexity index is 525. The third kappa shape index (κ3) is 3.26. The molecule has 0 heterocycles. The van der Waals surface area contributed by atoms with E-state index in [0.29, 0.717) is 5.56 Å². The predicted octanol–water partition coefficient (Wildman–Crippen LogP) is -0.635. The molecular weight excluding hydrogens is 244 g/mol. The van der Waals surface area contributed by atoms with Crippen LogP contribution in [0, 0.1) is 6.92 Å². The van der Waals surface area contributed by atoms with Crippen LogP contribution in [0.15, 0.2) is 23.1 Å². The number of primary amides is 1.